The van der Waals surface area contributed by atoms with Crippen molar-refractivity contribution < 1.29 is 4.79 Å². The SMILES string of the molecule is CCCCC(CC)CC(=O)Nc1ccccc1N.Cl. The monoisotopic (exact) mass is 284 g/mol. The van der Waals surface area contributed by atoms with Gasteiger partial charge >= 0.3 is 0 Å². The molecule has 0 heterocycles. The minimum absolute atomic E-state index is 0. The average Bonchev–Trinajstić information content (AvgIpc) is 2.37. The molecule has 1 rings (SSSR count). The largest absolute Gasteiger partial charge is 0.397 e. The number of nitrogens with two attached hydrogens (primary N) is 1. The molecule has 0 aliphatic heterocycles. The van der Waals surface area contributed by atoms with E-state index in [4.69, 9.17) is 5.73 Å². The number of rotatable bonds is 7. The Morgan fingerprint density at radius 2 is 2.00 bits per heavy atom. The number of hydrogen-bond acceptors (Lipinski definition) is 2. The molecule has 0 fully saturated rings. The van der Waals surface area contributed by atoms with Gasteiger partial charge in [0.15, 0.2) is 0 Å². The fourth-order valence-electron chi connectivity index (χ4n) is 2.02. The van der Waals surface area contributed by atoms with Gasteiger partial charge in [-0.05, 0) is 24.5 Å². The maximum Gasteiger partial charge on any atom is 0.224 e. The maximum absolute atomic E-state index is 11.9. The number of para-hydroxylation sites is 2. The van der Waals surface area contributed by atoms with E-state index in [1.807, 2.05) is 18.2 Å². The molecule has 1 aromatic carbocycles. The number of amides is 1. The zero-order chi connectivity index (χ0) is 13.4. The van der Waals surface area contributed by atoms with Crippen molar-refractivity contribution in [3.63, 3.8) is 0 Å². The van der Waals surface area contributed by atoms with Crippen LogP contribution in [-0.4, -0.2) is 5.91 Å². The Bertz CT molecular complexity index is 382. The molecule has 19 heavy (non-hydrogen) atoms. The number of carbonyl (C=O) groups excluding carboxylic acids is 1. The van der Waals surface area contributed by atoms with E-state index in [0.717, 1.165) is 12.8 Å². The van der Waals surface area contributed by atoms with E-state index in [-0.39, 0.29) is 18.3 Å². The van der Waals surface area contributed by atoms with Crippen molar-refractivity contribution in [3.8, 4) is 0 Å². The molecule has 0 saturated heterocycles. The Hall–Kier alpha value is -1.22. The van der Waals surface area contributed by atoms with Gasteiger partial charge in [-0.25, -0.2) is 0 Å². The number of halogens is 1. The van der Waals surface area contributed by atoms with Crippen LogP contribution in [0.3, 0.4) is 0 Å². The van der Waals surface area contributed by atoms with Crippen molar-refractivity contribution in [1.82, 2.24) is 0 Å². The standard InChI is InChI=1S/C15H24N2O.ClH/c1-3-5-8-12(4-2)11-15(18)17-14-10-7-6-9-13(14)16;/h6-7,9-10,12H,3-5,8,11,16H2,1-2H3,(H,17,18);1H. The van der Waals surface area contributed by atoms with Crippen LogP contribution in [-0.2, 0) is 4.79 Å². The van der Waals surface area contributed by atoms with Crippen LogP contribution in [0.2, 0.25) is 0 Å². The molecule has 0 aliphatic carbocycles. The Balaban J connectivity index is 0.00000324. The molecule has 3 N–H and O–H groups in total. The molecule has 0 aliphatic rings. The van der Waals surface area contributed by atoms with E-state index in [1.54, 1.807) is 6.07 Å². The molecule has 1 aromatic rings. The molecular weight excluding hydrogens is 260 g/mol. The topological polar surface area (TPSA) is 55.1 Å². The molecule has 4 heteroatoms. The first kappa shape index (κ1) is 17.8. The van der Waals surface area contributed by atoms with Gasteiger partial charge in [0.1, 0.15) is 0 Å². The van der Waals surface area contributed by atoms with Crippen molar-refractivity contribution in [2.75, 3.05) is 11.1 Å². The van der Waals surface area contributed by atoms with Crippen molar-refractivity contribution in [3.05, 3.63) is 24.3 Å². The summed E-state index contributed by atoms with van der Waals surface area (Å²) in [6, 6.07) is 7.37. The second-order valence-corrected chi connectivity index (χ2v) is 4.76. The summed E-state index contributed by atoms with van der Waals surface area (Å²) in [5.74, 6) is 0.547. The highest BCUT2D eigenvalue weighted by atomic mass is 35.5. The lowest BCUT2D eigenvalue weighted by Gasteiger charge is -2.14. The second-order valence-electron chi connectivity index (χ2n) is 4.76. The number of benzene rings is 1. The van der Waals surface area contributed by atoms with Crippen molar-refractivity contribution >= 4 is 29.7 Å². The molecule has 1 amide bonds. The predicted molar refractivity (Wildman–Crippen MR) is 84.7 cm³/mol. The van der Waals surface area contributed by atoms with Gasteiger partial charge < -0.3 is 11.1 Å². The van der Waals surface area contributed by atoms with Crippen LogP contribution >= 0.6 is 12.4 Å². The third-order valence-electron chi connectivity index (χ3n) is 3.25. The van der Waals surface area contributed by atoms with Crippen LogP contribution in [0.15, 0.2) is 24.3 Å². The molecule has 0 saturated carbocycles. The summed E-state index contributed by atoms with van der Waals surface area (Å²) in [7, 11) is 0. The molecule has 108 valence electrons. The summed E-state index contributed by atoms with van der Waals surface area (Å²) < 4.78 is 0. The first-order chi connectivity index (χ1) is 8.67. The van der Waals surface area contributed by atoms with E-state index in [0.29, 0.717) is 23.7 Å². The Labute approximate surface area is 122 Å². The van der Waals surface area contributed by atoms with Crippen LogP contribution in [0, 0.1) is 5.92 Å². The van der Waals surface area contributed by atoms with Gasteiger partial charge in [0, 0.05) is 6.42 Å². The van der Waals surface area contributed by atoms with Crippen molar-refractivity contribution in [2.24, 2.45) is 5.92 Å². The predicted octanol–water partition coefficient (Wildman–Crippen LogP) is 4.24. The Morgan fingerprint density at radius 3 is 2.58 bits per heavy atom. The van der Waals surface area contributed by atoms with E-state index in [2.05, 4.69) is 19.2 Å². The fourth-order valence-corrected chi connectivity index (χ4v) is 2.02. The maximum atomic E-state index is 11.9. The van der Waals surface area contributed by atoms with Crippen LogP contribution in [0.5, 0.6) is 0 Å². The summed E-state index contributed by atoms with van der Waals surface area (Å²) in [5, 5.41) is 2.89. The van der Waals surface area contributed by atoms with E-state index < -0.39 is 0 Å². The van der Waals surface area contributed by atoms with E-state index in [1.165, 1.54) is 12.8 Å². The van der Waals surface area contributed by atoms with Gasteiger partial charge in [-0.15, -0.1) is 12.4 Å². The lowest BCUT2D eigenvalue weighted by molar-refractivity contribution is -0.117. The van der Waals surface area contributed by atoms with Gasteiger partial charge in [0.05, 0.1) is 11.4 Å². The normalized spacial score (nSPS) is 11.5. The van der Waals surface area contributed by atoms with Crippen LogP contribution in [0.1, 0.15) is 46.0 Å². The van der Waals surface area contributed by atoms with Gasteiger partial charge in [-0.3, -0.25) is 4.79 Å². The highest BCUT2D eigenvalue weighted by Crippen LogP contribution is 2.20. The zero-order valence-electron chi connectivity index (χ0n) is 11.8. The first-order valence-electron chi connectivity index (χ1n) is 6.81. The minimum atomic E-state index is 0. The second kappa shape index (κ2) is 9.68. The Kier molecular flexibility index (Phi) is 9.06. The van der Waals surface area contributed by atoms with Crippen LogP contribution in [0.4, 0.5) is 11.4 Å². The zero-order valence-corrected chi connectivity index (χ0v) is 12.6. The molecule has 0 bridgehead atoms. The summed E-state index contributed by atoms with van der Waals surface area (Å²) >= 11 is 0. The molecule has 0 spiro atoms. The summed E-state index contributed by atoms with van der Waals surface area (Å²) in [6.45, 7) is 4.32. The summed E-state index contributed by atoms with van der Waals surface area (Å²) in [6.07, 6.45) is 5.15. The van der Waals surface area contributed by atoms with Crippen LogP contribution in [0.25, 0.3) is 0 Å². The number of hydrogen-bond donors (Lipinski definition) is 2. The van der Waals surface area contributed by atoms with Crippen molar-refractivity contribution in [2.45, 2.75) is 46.0 Å². The number of nitrogens with one attached hydrogen (secondary N) is 1. The third-order valence-corrected chi connectivity index (χ3v) is 3.25. The molecule has 1 atom stereocenters. The Morgan fingerprint density at radius 1 is 1.32 bits per heavy atom. The molecule has 0 aromatic heterocycles. The molecular formula is C15H25ClN2O. The fraction of sp³-hybridized carbons (Fsp3) is 0.533. The highest BCUT2D eigenvalue weighted by molar-refractivity contribution is 5.93. The van der Waals surface area contributed by atoms with Gasteiger partial charge in [0.2, 0.25) is 5.91 Å². The summed E-state index contributed by atoms with van der Waals surface area (Å²) in [5.41, 5.74) is 7.13. The molecule has 1 unspecified atom stereocenters. The average molecular weight is 285 g/mol. The quantitative estimate of drug-likeness (QED) is 0.736. The smallest absolute Gasteiger partial charge is 0.224 e. The number of carbonyl (C=O) groups is 1. The lowest BCUT2D eigenvalue weighted by atomic mass is 9.95. The number of unbranched alkanes of at least 4 members (excludes halogenated alkanes) is 1. The van der Waals surface area contributed by atoms with Gasteiger partial charge in [0.25, 0.3) is 0 Å². The third kappa shape index (κ3) is 6.48. The summed E-state index contributed by atoms with van der Waals surface area (Å²) in [4.78, 5) is 11.9. The van der Waals surface area contributed by atoms with Crippen LogP contribution < -0.4 is 11.1 Å². The van der Waals surface area contributed by atoms with Gasteiger partial charge in [-0.2, -0.15) is 0 Å². The molecule has 3 nitrogen and oxygen atoms in total. The number of nitrogen functional groups attached to an aromatic ring is 1. The number of anilines is 2. The first-order valence-corrected chi connectivity index (χ1v) is 6.81. The van der Waals surface area contributed by atoms with E-state index >= 15 is 0 Å². The van der Waals surface area contributed by atoms with E-state index in [9.17, 15) is 4.79 Å². The van der Waals surface area contributed by atoms with Gasteiger partial charge in [-0.1, -0.05) is 45.2 Å². The lowest BCUT2D eigenvalue weighted by Crippen LogP contribution is -2.17. The minimum Gasteiger partial charge on any atom is -0.397 e. The van der Waals surface area contributed by atoms with Crippen molar-refractivity contribution in [1.29, 1.82) is 0 Å². The highest BCUT2D eigenvalue weighted by Gasteiger charge is 2.12. The molecule has 0 radical (unpaired) electrons.